The number of halogens is 1. The first-order valence-electron chi connectivity index (χ1n) is 6.79. The number of nitrogens with zero attached hydrogens (tertiary/aromatic N) is 1. The van der Waals surface area contributed by atoms with Gasteiger partial charge in [0.05, 0.1) is 5.56 Å². The van der Waals surface area contributed by atoms with E-state index in [2.05, 4.69) is 17.3 Å². The lowest BCUT2D eigenvalue weighted by atomic mass is 9.98. The predicted molar refractivity (Wildman–Crippen MR) is 73.7 cm³/mol. The molecule has 1 aliphatic rings. The van der Waals surface area contributed by atoms with Crippen LogP contribution in [0.5, 0.6) is 0 Å². The molecule has 0 radical (unpaired) electrons. The lowest BCUT2D eigenvalue weighted by Crippen LogP contribution is -2.39. The molecule has 1 unspecified atom stereocenters. The number of piperidine rings is 1. The number of carbonyl (C=O) groups excluding carboxylic acids is 1. The molecule has 1 aliphatic heterocycles. The molecule has 0 bridgehead atoms. The van der Waals surface area contributed by atoms with Gasteiger partial charge in [-0.2, -0.15) is 0 Å². The van der Waals surface area contributed by atoms with Gasteiger partial charge in [-0.1, -0.05) is 11.6 Å². The van der Waals surface area contributed by atoms with Gasteiger partial charge in [0.15, 0.2) is 0 Å². The smallest absolute Gasteiger partial charge is 0.254 e. The van der Waals surface area contributed by atoms with Gasteiger partial charge in [-0.3, -0.25) is 4.79 Å². The molecular formula is C15H21FN2O. The Labute approximate surface area is 113 Å². The van der Waals surface area contributed by atoms with Gasteiger partial charge in [0.25, 0.3) is 5.91 Å². The molecule has 0 saturated carbocycles. The van der Waals surface area contributed by atoms with Crippen LogP contribution in [0.3, 0.4) is 0 Å². The van der Waals surface area contributed by atoms with Crippen molar-refractivity contribution in [3.8, 4) is 0 Å². The molecule has 1 heterocycles. The van der Waals surface area contributed by atoms with Gasteiger partial charge in [0, 0.05) is 13.1 Å². The topological polar surface area (TPSA) is 32.3 Å². The zero-order valence-corrected chi connectivity index (χ0v) is 11.6. The van der Waals surface area contributed by atoms with Crippen molar-refractivity contribution >= 4 is 5.91 Å². The zero-order valence-electron chi connectivity index (χ0n) is 11.6. The van der Waals surface area contributed by atoms with Crippen LogP contribution in [0.4, 0.5) is 4.39 Å². The number of hydrogen-bond acceptors (Lipinski definition) is 2. The number of carbonyl (C=O) groups is 1. The van der Waals surface area contributed by atoms with Gasteiger partial charge >= 0.3 is 0 Å². The maximum atomic E-state index is 13.6. The standard InChI is InChI=1S/C15H21FN2O/c1-11-5-6-14(16)13(8-11)15(19)17-9-12-4-3-7-18(2)10-12/h5-6,8,12H,3-4,7,9-10H2,1-2H3,(H,17,19). The first kappa shape index (κ1) is 14.0. The molecule has 1 aromatic rings. The van der Waals surface area contributed by atoms with Crippen LogP contribution in [0.15, 0.2) is 18.2 Å². The van der Waals surface area contributed by atoms with Crippen molar-refractivity contribution < 1.29 is 9.18 Å². The van der Waals surface area contributed by atoms with Crippen molar-refractivity contribution in [3.05, 3.63) is 35.1 Å². The molecule has 1 atom stereocenters. The molecule has 3 nitrogen and oxygen atoms in total. The van der Waals surface area contributed by atoms with Crippen LogP contribution in [0.2, 0.25) is 0 Å². The average Bonchev–Trinajstić information content (AvgIpc) is 2.39. The zero-order chi connectivity index (χ0) is 13.8. The van der Waals surface area contributed by atoms with Gasteiger partial charge < -0.3 is 10.2 Å². The molecule has 1 amide bonds. The third-order valence-corrected chi connectivity index (χ3v) is 3.64. The average molecular weight is 264 g/mol. The number of aryl methyl sites for hydroxylation is 1. The molecule has 4 heteroatoms. The lowest BCUT2D eigenvalue weighted by Gasteiger charge is -2.29. The summed E-state index contributed by atoms with van der Waals surface area (Å²) in [6.07, 6.45) is 2.29. The van der Waals surface area contributed by atoms with E-state index in [0.717, 1.165) is 31.5 Å². The van der Waals surface area contributed by atoms with Gasteiger partial charge in [-0.25, -0.2) is 4.39 Å². The fourth-order valence-corrected chi connectivity index (χ4v) is 2.59. The van der Waals surface area contributed by atoms with E-state index in [-0.39, 0.29) is 11.5 Å². The molecule has 19 heavy (non-hydrogen) atoms. The maximum absolute atomic E-state index is 13.6. The third kappa shape index (κ3) is 3.77. The first-order valence-corrected chi connectivity index (χ1v) is 6.79. The summed E-state index contributed by atoms with van der Waals surface area (Å²) < 4.78 is 13.6. The summed E-state index contributed by atoms with van der Waals surface area (Å²) in [6, 6.07) is 4.61. The molecule has 1 saturated heterocycles. The van der Waals surface area contributed by atoms with E-state index in [1.807, 2.05) is 6.92 Å². The van der Waals surface area contributed by atoms with E-state index in [0.29, 0.717) is 12.5 Å². The number of rotatable bonds is 3. The highest BCUT2D eigenvalue weighted by molar-refractivity contribution is 5.94. The van der Waals surface area contributed by atoms with Crippen LogP contribution in [0.25, 0.3) is 0 Å². The second kappa shape index (κ2) is 6.15. The van der Waals surface area contributed by atoms with Crippen LogP contribution < -0.4 is 5.32 Å². The Balaban J connectivity index is 1.92. The summed E-state index contributed by atoms with van der Waals surface area (Å²) in [5.74, 6) is -0.297. The van der Waals surface area contributed by atoms with E-state index in [9.17, 15) is 9.18 Å². The van der Waals surface area contributed by atoms with E-state index < -0.39 is 5.82 Å². The van der Waals surface area contributed by atoms with Crippen LogP contribution in [0.1, 0.15) is 28.8 Å². The Bertz CT molecular complexity index is 461. The second-order valence-electron chi connectivity index (χ2n) is 5.46. The van der Waals surface area contributed by atoms with Crippen molar-refractivity contribution in [2.24, 2.45) is 5.92 Å². The highest BCUT2D eigenvalue weighted by Gasteiger charge is 2.19. The number of likely N-dealkylation sites (tertiary alicyclic amines) is 1. The molecule has 2 rings (SSSR count). The van der Waals surface area contributed by atoms with E-state index in [4.69, 9.17) is 0 Å². The monoisotopic (exact) mass is 264 g/mol. The van der Waals surface area contributed by atoms with Crippen molar-refractivity contribution in [1.29, 1.82) is 0 Å². The fourth-order valence-electron chi connectivity index (χ4n) is 2.59. The molecule has 1 fully saturated rings. The summed E-state index contributed by atoms with van der Waals surface area (Å²) >= 11 is 0. The van der Waals surface area contributed by atoms with Crippen LogP contribution >= 0.6 is 0 Å². The van der Waals surface area contributed by atoms with E-state index in [1.165, 1.54) is 6.07 Å². The van der Waals surface area contributed by atoms with Gasteiger partial charge in [0.1, 0.15) is 5.82 Å². The minimum absolute atomic E-state index is 0.143. The number of nitrogens with one attached hydrogen (secondary N) is 1. The summed E-state index contributed by atoms with van der Waals surface area (Å²) in [4.78, 5) is 14.2. The minimum Gasteiger partial charge on any atom is -0.352 e. The van der Waals surface area contributed by atoms with E-state index >= 15 is 0 Å². The summed E-state index contributed by atoms with van der Waals surface area (Å²) in [7, 11) is 2.09. The third-order valence-electron chi connectivity index (χ3n) is 3.64. The Morgan fingerprint density at radius 1 is 1.53 bits per heavy atom. The maximum Gasteiger partial charge on any atom is 0.254 e. The Morgan fingerprint density at radius 3 is 3.05 bits per heavy atom. The van der Waals surface area contributed by atoms with Crippen LogP contribution in [0, 0.1) is 18.7 Å². The normalized spacial score (nSPS) is 20.3. The highest BCUT2D eigenvalue weighted by Crippen LogP contribution is 2.15. The molecule has 0 aromatic heterocycles. The molecular weight excluding hydrogens is 243 g/mol. The largest absolute Gasteiger partial charge is 0.352 e. The molecule has 104 valence electrons. The molecule has 0 spiro atoms. The first-order chi connectivity index (χ1) is 9.06. The predicted octanol–water partition coefficient (Wildman–Crippen LogP) is 2.21. The number of amides is 1. The van der Waals surface area contributed by atoms with Crippen molar-refractivity contribution in [3.63, 3.8) is 0 Å². The summed E-state index contributed by atoms with van der Waals surface area (Å²) in [5.41, 5.74) is 1.04. The Morgan fingerprint density at radius 2 is 2.32 bits per heavy atom. The second-order valence-corrected chi connectivity index (χ2v) is 5.46. The van der Waals surface area contributed by atoms with Gasteiger partial charge in [-0.15, -0.1) is 0 Å². The molecule has 1 aromatic carbocycles. The van der Waals surface area contributed by atoms with Gasteiger partial charge in [0.2, 0.25) is 0 Å². The SMILES string of the molecule is Cc1ccc(F)c(C(=O)NCC2CCCN(C)C2)c1. The quantitative estimate of drug-likeness (QED) is 0.907. The molecule has 0 aliphatic carbocycles. The molecule has 1 N–H and O–H groups in total. The van der Waals surface area contributed by atoms with Crippen molar-refractivity contribution in [2.75, 3.05) is 26.7 Å². The Kier molecular flexibility index (Phi) is 4.53. The summed E-state index contributed by atoms with van der Waals surface area (Å²) in [6.45, 7) is 4.59. The van der Waals surface area contributed by atoms with Crippen LogP contribution in [-0.4, -0.2) is 37.5 Å². The van der Waals surface area contributed by atoms with Crippen molar-refractivity contribution in [2.45, 2.75) is 19.8 Å². The van der Waals surface area contributed by atoms with Gasteiger partial charge in [-0.05, 0) is 51.4 Å². The van der Waals surface area contributed by atoms with E-state index in [1.54, 1.807) is 12.1 Å². The lowest BCUT2D eigenvalue weighted by molar-refractivity contribution is 0.0932. The minimum atomic E-state index is -0.455. The summed E-state index contributed by atoms with van der Waals surface area (Å²) in [5, 5.41) is 2.85. The van der Waals surface area contributed by atoms with Crippen LogP contribution in [-0.2, 0) is 0 Å². The number of benzene rings is 1. The fraction of sp³-hybridized carbons (Fsp3) is 0.533. The van der Waals surface area contributed by atoms with Crippen molar-refractivity contribution in [1.82, 2.24) is 10.2 Å². The Hall–Kier alpha value is -1.42. The highest BCUT2D eigenvalue weighted by atomic mass is 19.1. The number of hydrogen-bond donors (Lipinski definition) is 1.